The van der Waals surface area contributed by atoms with Gasteiger partial charge in [-0.05, 0) is 12.3 Å². The molecule has 5 nitrogen and oxygen atoms in total. The van der Waals surface area contributed by atoms with Crippen LogP contribution in [0.2, 0.25) is 0 Å². The van der Waals surface area contributed by atoms with Crippen molar-refractivity contribution in [1.29, 1.82) is 0 Å². The fourth-order valence-electron chi connectivity index (χ4n) is 2.82. The summed E-state index contributed by atoms with van der Waals surface area (Å²) in [5.74, 6) is 2.07. The number of methoxy groups -OCH3 is 2. The summed E-state index contributed by atoms with van der Waals surface area (Å²) >= 11 is 0. The van der Waals surface area contributed by atoms with E-state index in [0.717, 1.165) is 43.2 Å². The van der Waals surface area contributed by atoms with E-state index in [4.69, 9.17) is 15.2 Å². The summed E-state index contributed by atoms with van der Waals surface area (Å²) in [6.07, 6.45) is 2.85. The van der Waals surface area contributed by atoms with Gasteiger partial charge in [-0.2, -0.15) is 0 Å². The molecular weight excluding hydrogens is 242 g/mol. The normalized spacial score (nSPS) is 24.2. The second-order valence-corrected chi connectivity index (χ2v) is 5.29. The lowest BCUT2D eigenvalue weighted by molar-refractivity contribution is 0.155. The molecule has 19 heavy (non-hydrogen) atoms. The number of likely N-dealkylation sites (tertiary alicyclic amines) is 1. The Kier molecular flexibility index (Phi) is 4.61. The minimum absolute atomic E-state index is 0.250. The predicted octanol–water partition coefficient (Wildman–Crippen LogP) is 1.27. The fourth-order valence-corrected chi connectivity index (χ4v) is 2.82. The van der Waals surface area contributed by atoms with Crippen molar-refractivity contribution in [1.82, 2.24) is 9.88 Å². The van der Waals surface area contributed by atoms with E-state index in [1.54, 1.807) is 20.4 Å². The first-order valence-corrected chi connectivity index (χ1v) is 6.67. The third kappa shape index (κ3) is 3.36. The molecule has 1 aliphatic rings. The molecule has 2 atom stereocenters. The van der Waals surface area contributed by atoms with Crippen molar-refractivity contribution in [3.8, 4) is 11.5 Å². The molecule has 0 saturated carbocycles. The molecule has 0 aliphatic carbocycles. The molecule has 0 aromatic carbocycles. The number of nitrogens with two attached hydrogens (primary N) is 1. The Balaban J connectivity index is 2.14. The van der Waals surface area contributed by atoms with Gasteiger partial charge in [-0.25, -0.2) is 0 Å². The second-order valence-electron chi connectivity index (χ2n) is 5.29. The quantitative estimate of drug-likeness (QED) is 0.888. The maximum atomic E-state index is 6.08. The standard InChI is InChI=1S/C14H23N3O2/c1-10-6-11(15)8-17(7-10)9-12-14(19-3)13(18-2)4-5-16-12/h4-5,10-11H,6-9,15H2,1-3H3. The molecule has 1 saturated heterocycles. The van der Waals surface area contributed by atoms with E-state index in [-0.39, 0.29) is 6.04 Å². The highest BCUT2D eigenvalue weighted by atomic mass is 16.5. The maximum absolute atomic E-state index is 6.08. The average Bonchev–Trinajstić information content (AvgIpc) is 2.37. The Morgan fingerprint density at radius 1 is 1.37 bits per heavy atom. The summed E-state index contributed by atoms with van der Waals surface area (Å²) in [5, 5.41) is 0. The van der Waals surface area contributed by atoms with Gasteiger partial charge in [0.2, 0.25) is 0 Å². The summed E-state index contributed by atoms with van der Waals surface area (Å²) in [5.41, 5.74) is 6.98. The number of hydrogen-bond acceptors (Lipinski definition) is 5. The number of aromatic nitrogens is 1. The number of rotatable bonds is 4. The van der Waals surface area contributed by atoms with Gasteiger partial charge >= 0.3 is 0 Å². The summed E-state index contributed by atoms with van der Waals surface area (Å²) in [6, 6.07) is 2.06. The van der Waals surface area contributed by atoms with Crippen molar-refractivity contribution >= 4 is 0 Å². The molecule has 2 rings (SSSR count). The molecule has 106 valence electrons. The second kappa shape index (κ2) is 6.21. The topological polar surface area (TPSA) is 60.6 Å². The molecule has 1 aromatic rings. The van der Waals surface area contributed by atoms with Crippen molar-refractivity contribution in [3.05, 3.63) is 18.0 Å². The zero-order valence-corrected chi connectivity index (χ0v) is 11.9. The third-order valence-corrected chi connectivity index (χ3v) is 3.51. The van der Waals surface area contributed by atoms with E-state index >= 15 is 0 Å². The predicted molar refractivity (Wildman–Crippen MR) is 74.4 cm³/mol. The summed E-state index contributed by atoms with van der Waals surface area (Å²) in [4.78, 5) is 6.75. The van der Waals surface area contributed by atoms with Gasteiger partial charge in [-0.1, -0.05) is 6.92 Å². The van der Waals surface area contributed by atoms with Crippen LogP contribution in [0.15, 0.2) is 12.3 Å². The molecule has 5 heteroatoms. The lowest BCUT2D eigenvalue weighted by Crippen LogP contribution is -2.45. The van der Waals surface area contributed by atoms with E-state index < -0.39 is 0 Å². The van der Waals surface area contributed by atoms with Crippen molar-refractivity contribution in [2.24, 2.45) is 11.7 Å². The summed E-state index contributed by atoms with van der Waals surface area (Å²) in [6.45, 7) is 4.95. The highest BCUT2D eigenvalue weighted by Crippen LogP contribution is 2.30. The zero-order valence-electron chi connectivity index (χ0n) is 11.9. The van der Waals surface area contributed by atoms with Crippen LogP contribution in [-0.2, 0) is 6.54 Å². The lowest BCUT2D eigenvalue weighted by Gasteiger charge is -2.34. The van der Waals surface area contributed by atoms with Gasteiger partial charge in [-0.3, -0.25) is 9.88 Å². The van der Waals surface area contributed by atoms with Gasteiger partial charge in [0.15, 0.2) is 11.5 Å². The van der Waals surface area contributed by atoms with E-state index in [0.29, 0.717) is 5.92 Å². The molecule has 0 radical (unpaired) electrons. The van der Waals surface area contributed by atoms with Crippen LogP contribution in [0.3, 0.4) is 0 Å². The highest BCUT2D eigenvalue weighted by Gasteiger charge is 2.24. The SMILES string of the molecule is COc1ccnc(CN2CC(C)CC(N)C2)c1OC. The Labute approximate surface area is 114 Å². The van der Waals surface area contributed by atoms with Crippen LogP contribution >= 0.6 is 0 Å². The first-order valence-electron chi connectivity index (χ1n) is 6.67. The van der Waals surface area contributed by atoms with Crippen LogP contribution in [-0.4, -0.2) is 43.2 Å². The van der Waals surface area contributed by atoms with Crippen molar-refractivity contribution in [2.75, 3.05) is 27.3 Å². The highest BCUT2D eigenvalue weighted by molar-refractivity contribution is 5.42. The molecule has 2 unspecified atom stereocenters. The number of ether oxygens (including phenoxy) is 2. The van der Waals surface area contributed by atoms with Crippen LogP contribution in [0.4, 0.5) is 0 Å². The first kappa shape index (κ1) is 14.1. The van der Waals surface area contributed by atoms with Crippen LogP contribution in [0.5, 0.6) is 11.5 Å². The van der Waals surface area contributed by atoms with Crippen LogP contribution < -0.4 is 15.2 Å². The molecular formula is C14H23N3O2. The van der Waals surface area contributed by atoms with E-state index in [1.807, 2.05) is 6.07 Å². The number of piperidine rings is 1. The van der Waals surface area contributed by atoms with E-state index in [9.17, 15) is 0 Å². The summed E-state index contributed by atoms with van der Waals surface area (Å²) < 4.78 is 10.7. The van der Waals surface area contributed by atoms with Gasteiger partial charge in [0.05, 0.1) is 14.2 Å². The summed E-state index contributed by atoms with van der Waals surface area (Å²) in [7, 11) is 3.29. The molecule has 0 bridgehead atoms. The molecule has 2 heterocycles. The molecule has 0 amide bonds. The Morgan fingerprint density at radius 3 is 2.79 bits per heavy atom. The number of hydrogen-bond donors (Lipinski definition) is 1. The Bertz CT molecular complexity index is 415. The monoisotopic (exact) mass is 265 g/mol. The van der Waals surface area contributed by atoms with Gasteiger partial charge in [0, 0.05) is 37.9 Å². The van der Waals surface area contributed by atoms with Crippen LogP contribution in [0.1, 0.15) is 19.0 Å². The van der Waals surface area contributed by atoms with Crippen molar-refractivity contribution < 1.29 is 9.47 Å². The van der Waals surface area contributed by atoms with E-state index in [1.165, 1.54) is 0 Å². The van der Waals surface area contributed by atoms with Gasteiger partial charge < -0.3 is 15.2 Å². The molecule has 1 aliphatic heterocycles. The lowest BCUT2D eigenvalue weighted by atomic mass is 9.96. The smallest absolute Gasteiger partial charge is 0.183 e. The van der Waals surface area contributed by atoms with Gasteiger partial charge in [0.25, 0.3) is 0 Å². The molecule has 0 spiro atoms. The maximum Gasteiger partial charge on any atom is 0.183 e. The minimum Gasteiger partial charge on any atom is -0.493 e. The first-order chi connectivity index (χ1) is 9.13. The molecule has 1 fully saturated rings. The number of pyridine rings is 1. The fraction of sp³-hybridized carbons (Fsp3) is 0.643. The van der Waals surface area contributed by atoms with Crippen LogP contribution in [0, 0.1) is 5.92 Å². The zero-order chi connectivity index (χ0) is 13.8. The molecule has 2 N–H and O–H groups in total. The van der Waals surface area contributed by atoms with Gasteiger partial charge in [0.1, 0.15) is 5.69 Å². The Morgan fingerprint density at radius 2 is 2.16 bits per heavy atom. The molecule has 1 aromatic heterocycles. The minimum atomic E-state index is 0.250. The van der Waals surface area contributed by atoms with Gasteiger partial charge in [-0.15, -0.1) is 0 Å². The van der Waals surface area contributed by atoms with Crippen molar-refractivity contribution in [2.45, 2.75) is 25.9 Å². The van der Waals surface area contributed by atoms with Crippen LogP contribution in [0.25, 0.3) is 0 Å². The third-order valence-electron chi connectivity index (χ3n) is 3.51. The average molecular weight is 265 g/mol. The van der Waals surface area contributed by atoms with Crippen molar-refractivity contribution in [3.63, 3.8) is 0 Å². The van der Waals surface area contributed by atoms with E-state index in [2.05, 4.69) is 16.8 Å². The Hall–Kier alpha value is -1.33. The number of nitrogens with zero attached hydrogens (tertiary/aromatic N) is 2. The largest absolute Gasteiger partial charge is 0.493 e.